The minimum atomic E-state index is -4.06. The maximum absolute atomic E-state index is 12.2. The molecule has 5 heteroatoms. The van der Waals surface area contributed by atoms with Crippen LogP contribution in [0.25, 0.3) is 0 Å². The third-order valence-electron chi connectivity index (χ3n) is 4.63. The average Bonchev–Trinajstić information content (AvgIpc) is 2.84. The van der Waals surface area contributed by atoms with Crippen molar-refractivity contribution in [2.24, 2.45) is 5.73 Å². The molecule has 1 heterocycles. The first-order valence-corrected chi connectivity index (χ1v) is 7.43. The van der Waals surface area contributed by atoms with Gasteiger partial charge in [0, 0.05) is 18.0 Å². The standard InChI is InChI=1S/C14H27F3N2/c1-3-13(4-2,19-10-5-6-11-19)12(18)8-7-9-14(15,16)17/h12H,3-11,18H2,1-2H3. The summed E-state index contributed by atoms with van der Waals surface area (Å²) in [7, 11) is 0. The normalized spacial score (nSPS) is 19.9. The molecule has 1 fully saturated rings. The molecular weight excluding hydrogens is 253 g/mol. The highest BCUT2D eigenvalue weighted by Crippen LogP contribution is 2.33. The zero-order valence-electron chi connectivity index (χ0n) is 12.1. The topological polar surface area (TPSA) is 29.3 Å². The highest BCUT2D eigenvalue weighted by atomic mass is 19.4. The van der Waals surface area contributed by atoms with Crippen molar-refractivity contribution in [1.29, 1.82) is 0 Å². The summed E-state index contributed by atoms with van der Waals surface area (Å²) < 4.78 is 36.6. The molecule has 1 unspecified atom stereocenters. The van der Waals surface area contributed by atoms with Crippen molar-refractivity contribution in [2.75, 3.05) is 13.1 Å². The largest absolute Gasteiger partial charge is 0.389 e. The van der Waals surface area contributed by atoms with E-state index in [4.69, 9.17) is 5.73 Å². The molecule has 1 saturated heterocycles. The molecule has 19 heavy (non-hydrogen) atoms. The fraction of sp³-hybridized carbons (Fsp3) is 1.00. The van der Waals surface area contributed by atoms with Crippen molar-refractivity contribution in [1.82, 2.24) is 4.90 Å². The van der Waals surface area contributed by atoms with Crippen LogP contribution in [0, 0.1) is 0 Å². The number of nitrogens with zero attached hydrogens (tertiary/aromatic N) is 1. The molecule has 0 amide bonds. The summed E-state index contributed by atoms with van der Waals surface area (Å²) in [5.41, 5.74) is 6.17. The minimum Gasteiger partial charge on any atom is -0.326 e. The highest BCUT2D eigenvalue weighted by Gasteiger charge is 2.40. The van der Waals surface area contributed by atoms with Gasteiger partial charge in [0.2, 0.25) is 0 Å². The summed E-state index contributed by atoms with van der Waals surface area (Å²) in [6.07, 6.45) is -0.00196. The van der Waals surface area contributed by atoms with Gasteiger partial charge < -0.3 is 5.73 Å². The molecule has 2 nitrogen and oxygen atoms in total. The van der Waals surface area contributed by atoms with Gasteiger partial charge in [-0.25, -0.2) is 0 Å². The molecule has 0 aromatic carbocycles. The second-order valence-electron chi connectivity index (χ2n) is 5.62. The summed E-state index contributed by atoms with van der Waals surface area (Å²) in [4.78, 5) is 2.41. The fourth-order valence-corrected chi connectivity index (χ4v) is 3.41. The van der Waals surface area contributed by atoms with Crippen LogP contribution in [-0.2, 0) is 0 Å². The lowest BCUT2D eigenvalue weighted by atomic mass is 9.81. The molecule has 0 spiro atoms. The quantitative estimate of drug-likeness (QED) is 0.770. The van der Waals surface area contributed by atoms with Crippen LogP contribution in [0.1, 0.15) is 58.8 Å². The first kappa shape index (κ1) is 16.8. The van der Waals surface area contributed by atoms with E-state index in [9.17, 15) is 13.2 Å². The van der Waals surface area contributed by atoms with E-state index < -0.39 is 12.6 Å². The third-order valence-corrected chi connectivity index (χ3v) is 4.63. The SMILES string of the molecule is CCC(CC)(C(N)CCCC(F)(F)F)N1CCCC1. The summed E-state index contributed by atoms with van der Waals surface area (Å²) in [5.74, 6) is 0. The van der Waals surface area contributed by atoms with Gasteiger partial charge in [-0.05, 0) is 51.6 Å². The molecule has 1 rings (SSSR count). The minimum absolute atomic E-state index is 0.109. The van der Waals surface area contributed by atoms with Crippen molar-refractivity contribution in [3.8, 4) is 0 Å². The Morgan fingerprint density at radius 1 is 1.11 bits per heavy atom. The van der Waals surface area contributed by atoms with Crippen LogP contribution >= 0.6 is 0 Å². The number of rotatable bonds is 7. The van der Waals surface area contributed by atoms with Crippen molar-refractivity contribution >= 4 is 0 Å². The van der Waals surface area contributed by atoms with Gasteiger partial charge in [0.25, 0.3) is 0 Å². The Morgan fingerprint density at radius 3 is 2.05 bits per heavy atom. The summed E-state index contributed by atoms with van der Waals surface area (Å²) in [6.45, 7) is 6.28. The molecular formula is C14H27F3N2. The van der Waals surface area contributed by atoms with Crippen molar-refractivity contribution in [3.05, 3.63) is 0 Å². The molecule has 0 aromatic heterocycles. The van der Waals surface area contributed by atoms with Crippen LogP contribution in [0.2, 0.25) is 0 Å². The van der Waals surface area contributed by atoms with Crippen LogP contribution < -0.4 is 5.73 Å². The number of alkyl halides is 3. The van der Waals surface area contributed by atoms with Crippen LogP contribution in [0.3, 0.4) is 0 Å². The zero-order chi connectivity index (χ0) is 14.5. The lowest BCUT2D eigenvalue weighted by Gasteiger charge is -2.45. The second kappa shape index (κ2) is 6.93. The molecule has 1 aliphatic heterocycles. The van der Waals surface area contributed by atoms with Crippen LogP contribution in [0.15, 0.2) is 0 Å². The van der Waals surface area contributed by atoms with Gasteiger partial charge in [-0.2, -0.15) is 13.2 Å². The maximum atomic E-state index is 12.2. The van der Waals surface area contributed by atoms with Gasteiger partial charge in [-0.15, -0.1) is 0 Å². The molecule has 1 atom stereocenters. The molecule has 2 N–H and O–H groups in total. The van der Waals surface area contributed by atoms with Crippen LogP contribution in [0.5, 0.6) is 0 Å². The second-order valence-corrected chi connectivity index (χ2v) is 5.62. The molecule has 0 aromatic rings. The van der Waals surface area contributed by atoms with E-state index in [1.165, 1.54) is 12.8 Å². The number of halogens is 3. The predicted octanol–water partition coefficient (Wildman–Crippen LogP) is 3.70. The van der Waals surface area contributed by atoms with Gasteiger partial charge in [-0.1, -0.05) is 13.8 Å². The number of hydrogen-bond acceptors (Lipinski definition) is 2. The maximum Gasteiger partial charge on any atom is 0.389 e. The molecule has 0 saturated carbocycles. The summed E-state index contributed by atoms with van der Waals surface area (Å²) >= 11 is 0. The number of likely N-dealkylation sites (tertiary alicyclic amines) is 1. The van der Waals surface area contributed by atoms with E-state index in [0.29, 0.717) is 6.42 Å². The van der Waals surface area contributed by atoms with Gasteiger partial charge in [0.05, 0.1) is 0 Å². The Labute approximate surface area is 114 Å². The number of hydrogen-bond donors (Lipinski definition) is 1. The highest BCUT2D eigenvalue weighted by molar-refractivity contribution is 4.98. The van der Waals surface area contributed by atoms with Crippen LogP contribution in [0.4, 0.5) is 13.2 Å². The lowest BCUT2D eigenvalue weighted by Crippen LogP contribution is -2.58. The smallest absolute Gasteiger partial charge is 0.326 e. The Hall–Kier alpha value is -0.290. The molecule has 0 aliphatic carbocycles. The van der Waals surface area contributed by atoms with E-state index in [1.807, 2.05) is 0 Å². The zero-order valence-corrected chi connectivity index (χ0v) is 12.1. The van der Waals surface area contributed by atoms with E-state index in [2.05, 4.69) is 18.7 Å². The average molecular weight is 280 g/mol. The van der Waals surface area contributed by atoms with Gasteiger partial charge >= 0.3 is 6.18 Å². The van der Waals surface area contributed by atoms with Gasteiger partial charge in [-0.3, -0.25) is 4.90 Å². The molecule has 0 bridgehead atoms. The van der Waals surface area contributed by atoms with E-state index in [0.717, 1.165) is 25.9 Å². The van der Waals surface area contributed by atoms with E-state index in [1.54, 1.807) is 0 Å². The van der Waals surface area contributed by atoms with Gasteiger partial charge in [0.15, 0.2) is 0 Å². The predicted molar refractivity (Wildman–Crippen MR) is 72.0 cm³/mol. The van der Waals surface area contributed by atoms with Crippen molar-refractivity contribution in [2.45, 2.75) is 76.6 Å². The molecule has 114 valence electrons. The Kier molecular flexibility index (Phi) is 6.12. The summed E-state index contributed by atoms with van der Waals surface area (Å²) in [6, 6.07) is -0.164. The monoisotopic (exact) mass is 280 g/mol. The first-order valence-electron chi connectivity index (χ1n) is 7.43. The summed E-state index contributed by atoms with van der Waals surface area (Å²) in [5, 5.41) is 0. The van der Waals surface area contributed by atoms with Crippen LogP contribution in [-0.4, -0.2) is 35.7 Å². The molecule has 1 aliphatic rings. The van der Waals surface area contributed by atoms with E-state index in [-0.39, 0.29) is 18.0 Å². The van der Waals surface area contributed by atoms with Gasteiger partial charge in [0.1, 0.15) is 0 Å². The van der Waals surface area contributed by atoms with E-state index >= 15 is 0 Å². The first-order chi connectivity index (χ1) is 8.85. The molecule has 0 radical (unpaired) electrons. The third kappa shape index (κ3) is 4.35. The van der Waals surface area contributed by atoms with Crippen molar-refractivity contribution < 1.29 is 13.2 Å². The fourth-order valence-electron chi connectivity index (χ4n) is 3.41. The Morgan fingerprint density at radius 2 is 1.63 bits per heavy atom. The van der Waals surface area contributed by atoms with Crippen molar-refractivity contribution in [3.63, 3.8) is 0 Å². The number of nitrogens with two attached hydrogens (primary N) is 1. The lowest BCUT2D eigenvalue weighted by molar-refractivity contribution is -0.136. The Balaban J connectivity index is 2.59. The Bertz CT molecular complexity index is 256.